The Hall–Kier alpha value is -3.52. The fourth-order valence-corrected chi connectivity index (χ4v) is 5.44. The van der Waals surface area contributed by atoms with Crippen LogP contribution in [0.25, 0.3) is 10.9 Å². The Balaban J connectivity index is 1.57. The lowest BCUT2D eigenvalue weighted by molar-refractivity contribution is 0.186. The summed E-state index contributed by atoms with van der Waals surface area (Å²) in [5, 5.41) is 14.1. The van der Waals surface area contributed by atoms with Crippen molar-refractivity contribution in [1.29, 1.82) is 0 Å². The Morgan fingerprint density at radius 2 is 1.79 bits per heavy atom. The highest BCUT2D eigenvalue weighted by Gasteiger charge is 2.36. The van der Waals surface area contributed by atoms with Gasteiger partial charge in [0.15, 0.2) is 5.82 Å². The third-order valence-corrected chi connectivity index (χ3v) is 8.41. The summed E-state index contributed by atoms with van der Waals surface area (Å²) in [6.07, 6.45) is 1.81. The van der Waals surface area contributed by atoms with Crippen LogP contribution in [0.2, 0.25) is 0 Å². The molecule has 1 fully saturated rings. The quantitative estimate of drug-likeness (QED) is 0.384. The van der Waals surface area contributed by atoms with E-state index >= 15 is 0 Å². The average Bonchev–Trinajstić information content (AvgIpc) is 3.41. The van der Waals surface area contributed by atoms with E-state index in [9.17, 15) is 4.79 Å². The number of piperazine rings is 1. The third kappa shape index (κ3) is 4.73. The van der Waals surface area contributed by atoms with Gasteiger partial charge in [0.2, 0.25) is 0 Å². The molecular formula is C30H39N7O. The molecule has 1 aliphatic rings. The van der Waals surface area contributed by atoms with Crippen molar-refractivity contribution in [3.8, 4) is 0 Å². The number of anilines is 1. The first-order chi connectivity index (χ1) is 18.2. The van der Waals surface area contributed by atoms with Crippen LogP contribution in [-0.4, -0.2) is 56.3 Å². The number of hydrogen-bond acceptors (Lipinski definition) is 6. The van der Waals surface area contributed by atoms with Gasteiger partial charge < -0.3 is 9.88 Å². The van der Waals surface area contributed by atoms with Crippen LogP contribution in [0.4, 0.5) is 5.69 Å². The fraction of sp³-hybridized carbons (Fsp3) is 0.467. The first kappa shape index (κ1) is 26.1. The van der Waals surface area contributed by atoms with Crippen molar-refractivity contribution in [2.75, 3.05) is 31.1 Å². The van der Waals surface area contributed by atoms with Crippen molar-refractivity contribution in [1.82, 2.24) is 30.1 Å². The molecule has 1 aliphatic heterocycles. The van der Waals surface area contributed by atoms with Gasteiger partial charge in [0.1, 0.15) is 6.04 Å². The molecule has 1 saturated heterocycles. The summed E-state index contributed by atoms with van der Waals surface area (Å²) in [6, 6.07) is 14.4. The standard InChI is InChI=1S/C30H39N7O/c1-7-22-12-13-25-23(18-22)19-24(29(38)31-25)27(28-32-33-34-37(28)30(5,6)8-2)36-16-14-35(15-17-36)26-11-9-10-20(3)21(26)4/h9-13,18-19,27H,7-8,14-17H2,1-6H3,(H,31,38)/t27-/m1/s1. The maximum atomic E-state index is 13.6. The second-order valence-corrected chi connectivity index (χ2v) is 11.1. The lowest BCUT2D eigenvalue weighted by Gasteiger charge is -2.40. The average molecular weight is 514 g/mol. The van der Waals surface area contributed by atoms with Crippen LogP contribution in [0.3, 0.4) is 0 Å². The predicted molar refractivity (Wildman–Crippen MR) is 153 cm³/mol. The molecule has 1 atom stereocenters. The van der Waals surface area contributed by atoms with Crippen molar-refractivity contribution in [2.45, 2.75) is 66.0 Å². The van der Waals surface area contributed by atoms with Gasteiger partial charge in [0, 0.05) is 42.9 Å². The molecule has 4 aromatic rings. The zero-order valence-corrected chi connectivity index (χ0v) is 23.5. The summed E-state index contributed by atoms with van der Waals surface area (Å²) in [6.45, 7) is 16.2. The molecule has 8 nitrogen and oxygen atoms in total. The largest absolute Gasteiger partial charge is 0.369 e. The second-order valence-electron chi connectivity index (χ2n) is 11.1. The van der Waals surface area contributed by atoms with E-state index in [1.807, 2.05) is 16.8 Å². The van der Waals surface area contributed by atoms with Crippen molar-refractivity contribution < 1.29 is 0 Å². The zero-order valence-electron chi connectivity index (χ0n) is 23.5. The molecule has 2 aromatic carbocycles. The van der Waals surface area contributed by atoms with Crippen LogP contribution in [0.1, 0.15) is 68.2 Å². The monoisotopic (exact) mass is 513 g/mol. The number of nitrogens with zero attached hydrogens (tertiary/aromatic N) is 6. The van der Waals surface area contributed by atoms with E-state index in [1.165, 1.54) is 22.4 Å². The summed E-state index contributed by atoms with van der Waals surface area (Å²) in [5.41, 5.74) is 6.32. The Morgan fingerprint density at radius 3 is 2.50 bits per heavy atom. The number of tetrazole rings is 1. The van der Waals surface area contributed by atoms with Gasteiger partial charge in [-0.2, -0.15) is 0 Å². The molecule has 0 aliphatic carbocycles. The first-order valence-electron chi connectivity index (χ1n) is 13.7. The molecule has 200 valence electrons. The van der Waals surface area contributed by atoms with Gasteiger partial charge in [0.25, 0.3) is 5.56 Å². The van der Waals surface area contributed by atoms with Gasteiger partial charge in [0.05, 0.1) is 5.54 Å². The SMILES string of the molecule is CCc1ccc2[nH]c(=O)c([C@H](c3nnnn3C(C)(C)CC)N3CCN(c4cccc(C)c4C)CC3)cc2c1. The minimum absolute atomic E-state index is 0.0902. The lowest BCUT2D eigenvalue weighted by atomic mass is 9.98. The van der Waals surface area contributed by atoms with Gasteiger partial charge in [-0.1, -0.05) is 32.0 Å². The number of nitrogens with one attached hydrogen (secondary N) is 1. The number of pyridine rings is 1. The Bertz CT molecular complexity index is 1490. The smallest absolute Gasteiger partial charge is 0.253 e. The minimum atomic E-state index is -0.352. The number of fused-ring (bicyclic) bond motifs is 1. The van der Waals surface area contributed by atoms with Gasteiger partial charge in [-0.25, -0.2) is 4.68 Å². The number of aromatic nitrogens is 5. The Morgan fingerprint density at radius 1 is 1.03 bits per heavy atom. The molecule has 38 heavy (non-hydrogen) atoms. The number of benzene rings is 2. The maximum Gasteiger partial charge on any atom is 0.253 e. The summed E-state index contributed by atoms with van der Waals surface area (Å²) in [7, 11) is 0. The van der Waals surface area contributed by atoms with Crippen molar-refractivity contribution in [2.24, 2.45) is 0 Å². The van der Waals surface area contributed by atoms with Gasteiger partial charge >= 0.3 is 0 Å². The van der Waals surface area contributed by atoms with Crippen LogP contribution >= 0.6 is 0 Å². The topological polar surface area (TPSA) is 82.9 Å². The molecule has 0 spiro atoms. The van der Waals surface area contributed by atoms with E-state index in [2.05, 4.69) is 102 Å². The van der Waals surface area contributed by atoms with Crippen LogP contribution in [0.15, 0.2) is 47.3 Å². The van der Waals surface area contributed by atoms with Gasteiger partial charge in [-0.3, -0.25) is 9.69 Å². The minimum Gasteiger partial charge on any atom is -0.369 e. The summed E-state index contributed by atoms with van der Waals surface area (Å²) in [5.74, 6) is 0.716. The van der Waals surface area contributed by atoms with Crippen LogP contribution in [0.5, 0.6) is 0 Å². The normalized spacial score (nSPS) is 15.8. The van der Waals surface area contributed by atoms with E-state index in [0.29, 0.717) is 11.4 Å². The maximum absolute atomic E-state index is 13.6. The van der Waals surface area contributed by atoms with Crippen molar-refractivity contribution in [3.05, 3.63) is 80.9 Å². The number of aryl methyl sites for hydroxylation is 2. The molecule has 0 amide bonds. The van der Waals surface area contributed by atoms with Gasteiger partial charge in [-0.15, -0.1) is 5.10 Å². The van der Waals surface area contributed by atoms with Crippen LogP contribution in [0, 0.1) is 13.8 Å². The number of H-pyrrole nitrogens is 1. The summed E-state index contributed by atoms with van der Waals surface area (Å²) in [4.78, 5) is 21.6. The van der Waals surface area contributed by atoms with E-state index in [0.717, 1.165) is 49.9 Å². The number of aromatic amines is 1. The molecule has 8 heteroatoms. The number of hydrogen-bond donors (Lipinski definition) is 1. The van der Waals surface area contributed by atoms with E-state index in [4.69, 9.17) is 0 Å². The predicted octanol–water partition coefficient (Wildman–Crippen LogP) is 4.75. The molecule has 2 aromatic heterocycles. The molecular weight excluding hydrogens is 474 g/mol. The second kappa shape index (κ2) is 10.3. The highest BCUT2D eigenvalue weighted by Crippen LogP contribution is 2.32. The highest BCUT2D eigenvalue weighted by molar-refractivity contribution is 5.80. The van der Waals surface area contributed by atoms with Crippen molar-refractivity contribution >= 4 is 16.6 Å². The molecule has 0 radical (unpaired) electrons. The molecule has 0 bridgehead atoms. The zero-order chi connectivity index (χ0) is 27.0. The van der Waals surface area contributed by atoms with Crippen LogP contribution in [-0.2, 0) is 12.0 Å². The molecule has 3 heterocycles. The molecule has 5 rings (SSSR count). The summed E-state index contributed by atoms with van der Waals surface area (Å²) >= 11 is 0. The number of rotatable bonds is 7. The van der Waals surface area contributed by atoms with E-state index in [1.54, 1.807) is 0 Å². The van der Waals surface area contributed by atoms with E-state index < -0.39 is 0 Å². The van der Waals surface area contributed by atoms with Crippen LogP contribution < -0.4 is 10.5 Å². The Kier molecular flexibility index (Phi) is 7.09. The Labute approximate surface area is 224 Å². The highest BCUT2D eigenvalue weighted by atomic mass is 16.1. The first-order valence-corrected chi connectivity index (χ1v) is 13.7. The lowest BCUT2D eigenvalue weighted by Crippen LogP contribution is -2.49. The fourth-order valence-electron chi connectivity index (χ4n) is 5.44. The third-order valence-electron chi connectivity index (χ3n) is 8.41. The molecule has 1 N–H and O–H groups in total. The van der Waals surface area contributed by atoms with Crippen molar-refractivity contribution in [3.63, 3.8) is 0 Å². The molecule has 0 unspecified atom stereocenters. The van der Waals surface area contributed by atoms with E-state index in [-0.39, 0.29) is 17.1 Å². The molecule has 0 saturated carbocycles. The van der Waals surface area contributed by atoms with Gasteiger partial charge in [-0.05, 0) is 97.3 Å². The summed E-state index contributed by atoms with van der Waals surface area (Å²) < 4.78 is 1.92.